The van der Waals surface area contributed by atoms with E-state index in [-0.39, 0.29) is 32.2 Å². The number of esters is 2. The van der Waals surface area contributed by atoms with Crippen molar-refractivity contribution < 1.29 is 42.9 Å². The lowest BCUT2D eigenvalue weighted by molar-refractivity contribution is -0.870. The third-order valence-corrected chi connectivity index (χ3v) is 15.8. The van der Waals surface area contributed by atoms with E-state index in [9.17, 15) is 19.5 Å². The van der Waals surface area contributed by atoms with Gasteiger partial charge in [0.05, 0.1) is 34.4 Å². The summed E-state index contributed by atoms with van der Waals surface area (Å²) in [5.74, 6) is -2.01. The fraction of sp³-hybridized carbons (Fsp3) is 0.655. The predicted octanol–water partition coefficient (Wildman–Crippen LogP) is 24.0. The Morgan fingerprint density at radius 1 is 0.323 bits per heavy atom. The molecule has 1 N–H and O–H groups in total. The summed E-state index contributed by atoms with van der Waals surface area (Å²) < 4.78 is 23.0. The van der Waals surface area contributed by atoms with Gasteiger partial charge in [-0.1, -0.05) is 320 Å². The van der Waals surface area contributed by atoms with Gasteiger partial charge in [-0.3, -0.25) is 9.59 Å². The monoisotopic (exact) mass is 1290 g/mol. The number of hydrogen-bond donors (Lipinski definition) is 1. The lowest BCUT2D eigenvalue weighted by Gasteiger charge is -2.25. The SMILES string of the molecule is CC/C=C\C/C=C\C/C=C\C/C=C\C/C=C\C/C=C\C/C=C\CCCCCCCCCCCCCCCC(=O)OC(COC(=O)CCCCCCCCCCCCCCCC/C=C\C/C=C\C/C=C\C/C=C\C/C=C\C/C=C\CC)COC(OCC[N+](C)(C)C)C(=O)O. The Morgan fingerprint density at radius 2 is 0.581 bits per heavy atom. The van der Waals surface area contributed by atoms with Gasteiger partial charge in [0, 0.05) is 12.8 Å². The Bertz CT molecular complexity index is 2090. The Morgan fingerprint density at radius 3 is 0.860 bits per heavy atom. The zero-order valence-electron chi connectivity index (χ0n) is 60.4. The van der Waals surface area contributed by atoms with Crippen LogP contribution in [0.1, 0.15) is 296 Å². The normalized spacial score (nSPS) is 13.6. The Hall–Kier alpha value is -5.09. The number of quaternary nitrogens is 1. The second kappa shape index (κ2) is 72.7. The van der Waals surface area contributed by atoms with Gasteiger partial charge in [0.15, 0.2) is 6.10 Å². The van der Waals surface area contributed by atoms with Crippen LogP contribution in [0.4, 0.5) is 0 Å². The zero-order chi connectivity index (χ0) is 67.5. The van der Waals surface area contributed by atoms with Gasteiger partial charge in [-0.15, -0.1) is 0 Å². The van der Waals surface area contributed by atoms with Crippen molar-refractivity contribution in [2.24, 2.45) is 0 Å². The molecule has 9 nitrogen and oxygen atoms in total. The quantitative estimate of drug-likeness (QED) is 0.0211. The summed E-state index contributed by atoms with van der Waals surface area (Å²) in [6.45, 7) is 4.66. The minimum absolute atomic E-state index is 0.181. The molecule has 0 rings (SSSR count). The number of nitrogens with zero attached hydrogens (tertiary/aromatic N) is 1. The first kappa shape index (κ1) is 87.9. The van der Waals surface area contributed by atoms with Crippen LogP contribution in [0.2, 0.25) is 0 Å². The van der Waals surface area contributed by atoms with Crippen LogP contribution in [0.3, 0.4) is 0 Å². The molecule has 0 radical (unpaired) electrons. The van der Waals surface area contributed by atoms with E-state index in [0.717, 1.165) is 122 Å². The Balaban J connectivity index is 4.11. The second-order valence-electron chi connectivity index (χ2n) is 25.8. The van der Waals surface area contributed by atoms with Crippen molar-refractivity contribution in [2.75, 3.05) is 47.5 Å². The molecule has 0 aliphatic heterocycles. The molecule has 0 aromatic carbocycles. The van der Waals surface area contributed by atoms with Gasteiger partial charge in [0.25, 0.3) is 6.29 Å². The van der Waals surface area contributed by atoms with Gasteiger partial charge in [-0.25, -0.2) is 4.79 Å². The van der Waals surface area contributed by atoms with E-state index in [1.54, 1.807) is 0 Å². The molecule has 0 saturated heterocycles. The van der Waals surface area contributed by atoms with Crippen molar-refractivity contribution in [2.45, 2.75) is 309 Å². The van der Waals surface area contributed by atoms with Crippen LogP contribution in [0.25, 0.3) is 0 Å². The molecule has 0 aliphatic rings. The van der Waals surface area contributed by atoms with E-state index in [1.807, 2.05) is 21.1 Å². The lowest BCUT2D eigenvalue weighted by Crippen LogP contribution is -2.40. The first-order valence-corrected chi connectivity index (χ1v) is 37.6. The number of carboxylic acid groups (broad SMARTS) is 1. The van der Waals surface area contributed by atoms with Crippen LogP contribution in [-0.4, -0.2) is 87.4 Å². The molecular formula is C84H140NO8+. The Kier molecular flexibility index (Phi) is 68.8. The van der Waals surface area contributed by atoms with E-state index in [0.29, 0.717) is 23.9 Å². The first-order chi connectivity index (χ1) is 45.6. The fourth-order valence-electron chi connectivity index (χ4n) is 10.1. The van der Waals surface area contributed by atoms with Crippen molar-refractivity contribution in [3.8, 4) is 0 Å². The van der Waals surface area contributed by atoms with E-state index in [4.69, 9.17) is 18.9 Å². The summed E-state index contributed by atoms with van der Waals surface area (Å²) in [6, 6.07) is 0. The molecule has 0 amide bonds. The highest BCUT2D eigenvalue weighted by Gasteiger charge is 2.25. The predicted molar refractivity (Wildman–Crippen MR) is 400 cm³/mol. The highest BCUT2D eigenvalue weighted by atomic mass is 16.7. The summed E-state index contributed by atoms with van der Waals surface area (Å²) in [7, 11) is 5.98. The topological polar surface area (TPSA) is 108 Å². The Labute approximate surface area is 572 Å². The maximum Gasteiger partial charge on any atom is 0.361 e. The molecule has 93 heavy (non-hydrogen) atoms. The van der Waals surface area contributed by atoms with Crippen LogP contribution in [-0.2, 0) is 33.3 Å². The molecule has 0 aromatic rings. The summed E-state index contributed by atoms with van der Waals surface area (Å²) in [6.07, 6.45) is 105. The number of ether oxygens (including phenoxy) is 4. The largest absolute Gasteiger partial charge is 0.477 e. The van der Waals surface area contributed by atoms with Gasteiger partial charge in [-0.05, 0) is 122 Å². The minimum Gasteiger partial charge on any atom is -0.477 e. The molecule has 528 valence electrons. The molecule has 0 aromatic heterocycles. The van der Waals surface area contributed by atoms with Crippen molar-refractivity contribution in [3.63, 3.8) is 0 Å². The van der Waals surface area contributed by atoms with Gasteiger partial charge in [-0.2, -0.15) is 0 Å². The second-order valence-corrected chi connectivity index (χ2v) is 25.8. The van der Waals surface area contributed by atoms with Crippen molar-refractivity contribution in [3.05, 3.63) is 158 Å². The molecule has 9 heteroatoms. The molecule has 0 heterocycles. The highest BCUT2D eigenvalue weighted by Crippen LogP contribution is 2.17. The molecular weight excluding hydrogens is 1150 g/mol. The molecule has 0 saturated carbocycles. The van der Waals surface area contributed by atoms with Crippen molar-refractivity contribution in [1.29, 1.82) is 0 Å². The molecule has 0 fully saturated rings. The number of hydrogen-bond acceptors (Lipinski definition) is 7. The van der Waals surface area contributed by atoms with Crippen LogP contribution in [0, 0.1) is 0 Å². The molecule has 0 spiro atoms. The van der Waals surface area contributed by atoms with E-state index >= 15 is 0 Å². The number of carbonyl (C=O) groups is 3. The summed E-state index contributed by atoms with van der Waals surface area (Å²) in [5, 5.41) is 9.77. The molecule has 2 unspecified atom stereocenters. The van der Waals surface area contributed by atoms with Gasteiger partial charge in [0.2, 0.25) is 0 Å². The minimum atomic E-state index is -1.52. The lowest BCUT2D eigenvalue weighted by atomic mass is 10.0. The van der Waals surface area contributed by atoms with Crippen LogP contribution >= 0.6 is 0 Å². The maximum absolute atomic E-state index is 13.0. The number of likely N-dealkylation sites (N-methyl/N-ethyl adjacent to an activating group) is 1. The highest BCUT2D eigenvalue weighted by molar-refractivity contribution is 5.71. The summed E-state index contributed by atoms with van der Waals surface area (Å²) in [5.41, 5.74) is 0. The third kappa shape index (κ3) is 74.2. The number of rotatable bonds is 68. The van der Waals surface area contributed by atoms with Crippen molar-refractivity contribution in [1.82, 2.24) is 0 Å². The van der Waals surface area contributed by atoms with Gasteiger partial charge >= 0.3 is 17.9 Å². The smallest absolute Gasteiger partial charge is 0.361 e. The average molecular weight is 1290 g/mol. The summed E-state index contributed by atoms with van der Waals surface area (Å²) >= 11 is 0. The van der Waals surface area contributed by atoms with Crippen LogP contribution in [0.15, 0.2) is 158 Å². The molecule has 2 atom stereocenters. The van der Waals surface area contributed by atoms with Gasteiger partial charge < -0.3 is 28.5 Å². The molecule has 0 aliphatic carbocycles. The van der Waals surface area contributed by atoms with Crippen molar-refractivity contribution >= 4 is 17.9 Å². The third-order valence-electron chi connectivity index (χ3n) is 15.8. The fourth-order valence-corrected chi connectivity index (χ4v) is 10.1. The van der Waals surface area contributed by atoms with E-state index < -0.39 is 24.3 Å². The standard InChI is InChI=1S/C84H139NO8/c1-6-8-10-12-14-16-18-20-22-24-26-28-30-32-34-36-38-40-41-43-45-47-49-51-53-55-57-59-61-63-65-67-69-71-73-75-82(87)93-80(79-92-84(83(88)89)90-77-76-85(3,4)5)78-91-81(86)74-72-70-68-66-64-62-60-58-56-54-52-50-48-46-44-42-39-37-35-33-31-29-27-25-23-21-19-17-15-13-11-9-7-2/h8-11,14-17,20-23,26-29,32-35,38-40,42-43,45,80,84H,6-7,12-13,18-19,24-25,30-31,36-37,41,44,46-79H2,1-5H3/p+1/b10-8-,11-9-,16-14-,17-15-,22-20-,23-21-,28-26-,29-27-,34-32-,35-33-,40-38-,42-39-,45-43-. The zero-order valence-corrected chi connectivity index (χ0v) is 60.4. The number of carbonyl (C=O) groups excluding carboxylic acids is 2. The van der Waals surface area contributed by atoms with Crippen LogP contribution < -0.4 is 0 Å². The van der Waals surface area contributed by atoms with E-state index in [2.05, 4.69) is 172 Å². The number of allylic oxidation sites excluding steroid dienone is 26. The number of aliphatic carboxylic acids is 1. The summed E-state index contributed by atoms with van der Waals surface area (Å²) in [4.78, 5) is 37.7. The average Bonchev–Trinajstić information content (AvgIpc) is 3.74. The first-order valence-electron chi connectivity index (χ1n) is 37.6. The van der Waals surface area contributed by atoms with E-state index in [1.165, 1.54) is 141 Å². The molecule has 0 bridgehead atoms. The van der Waals surface area contributed by atoms with Gasteiger partial charge in [0.1, 0.15) is 13.2 Å². The number of unbranched alkanes of at least 4 members (excludes halogenated alkanes) is 27. The number of carboxylic acids is 1. The van der Waals surface area contributed by atoms with Crippen LogP contribution in [0.5, 0.6) is 0 Å². The maximum atomic E-state index is 13.0.